The van der Waals surface area contributed by atoms with Crippen molar-refractivity contribution in [2.45, 2.75) is 37.8 Å². The fraction of sp³-hybridized carbons (Fsp3) is 0.562. The summed E-state index contributed by atoms with van der Waals surface area (Å²) in [5.41, 5.74) is -0.392. The molecule has 128 valence electrons. The summed E-state index contributed by atoms with van der Waals surface area (Å²) >= 11 is 0. The number of methoxy groups -OCH3 is 1. The Kier molecular flexibility index (Phi) is 6.49. The molecule has 24 heavy (non-hydrogen) atoms. The Morgan fingerprint density at radius 1 is 1.33 bits per heavy atom. The van der Waals surface area contributed by atoms with E-state index >= 15 is 0 Å². The molecule has 0 aliphatic carbocycles. The number of nitrogens with one attached hydrogen (secondary N) is 2. The number of amides is 1. The average Bonchev–Trinajstić information content (AvgIpc) is 3.38. The molecule has 1 aromatic heterocycles. The van der Waals surface area contributed by atoms with Crippen LogP contribution in [0.2, 0.25) is 0 Å². The highest BCUT2D eigenvalue weighted by atomic mass is 16.5. The predicted molar refractivity (Wildman–Crippen MR) is 89.6 cm³/mol. The highest BCUT2D eigenvalue weighted by molar-refractivity contribution is 5.75. The van der Waals surface area contributed by atoms with Crippen LogP contribution < -0.4 is 15.4 Å². The van der Waals surface area contributed by atoms with Crippen LogP contribution in [0.15, 0.2) is 22.6 Å². The van der Waals surface area contributed by atoms with Gasteiger partial charge in [0.2, 0.25) is 11.8 Å². The number of carbonyl (C=O) groups is 1. The molecule has 0 unspecified atom stereocenters. The molecule has 0 bridgehead atoms. The minimum atomic E-state index is -0.392. The predicted octanol–water partition coefficient (Wildman–Crippen LogP) is 1.76. The van der Waals surface area contributed by atoms with Crippen molar-refractivity contribution in [1.82, 2.24) is 15.3 Å². The van der Waals surface area contributed by atoms with Gasteiger partial charge in [-0.05, 0) is 6.42 Å². The van der Waals surface area contributed by atoms with E-state index in [1.807, 2.05) is 0 Å². The number of hydrogen-bond donors (Lipinski definition) is 2. The zero-order chi connectivity index (χ0) is 17.3. The Balaban J connectivity index is 1.54. The summed E-state index contributed by atoms with van der Waals surface area (Å²) in [4.78, 5) is 19.8. The highest BCUT2D eigenvalue weighted by Gasteiger charge is 2.39. The van der Waals surface area contributed by atoms with E-state index in [0.717, 1.165) is 12.8 Å². The standard InChI is InChI=1S/C16H22N6O2/c1-3-4-7-16(21-22-16)8-6-14(23)18-10-5-9-17-13-11-15(24-2)20-12-19-13/h1,11-12H,4-10H2,2H3,(H,18,23)(H,17,19,20). The van der Waals surface area contributed by atoms with Crippen LogP contribution in [-0.4, -0.2) is 41.7 Å². The maximum absolute atomic E-state index is 11.8. The lowest BCUT2D eigenvalue weighted by Gasteiger charge is -2.10. The van der Waals surface area contributed by atoms with Gasteiger partial charge in [-0.3, -0.25) is 4.79 Å². The third-order valence-corrected chi connectivity index (χ3v) is 3.64. The summed E-state index contributed by atoms with van der Waals surface area (Å²) < 4.78 is 5.02. The molecule has 0 fully saturated rings. The fourth-order valence-electron chi connectivity index (χ4n) is 2.15. The van der Waals surface area contributed by atoms with E-state index in [9.17, 15) is 4.79 Å². The van der Waals surface area contributed by atoms with E-state index in [1.54, 1.807) is 13.2 Å². The highest BCUT2D eigenvalue weighted by Crippen LogP contribution is 2.37. The third kappa shape index (κ3) is 5.83. The van der Waals surface area contributed by atoms with Gasteiger partial charge in [-0.1, -0.05) is 0 Å². The van der Waals surface area contributed by atoms with Crippen LogP contribution in [0.1, 0.15) is 32.1 Å². The molecule has 0 saturated carbocycles. The Morgan fingerprint density at radius 2 is 2.17 bits per heavy atom. The Hall–Kier alpha value is -2.69. The first-order valence-electron chi connectivity index (χ1n) is 7.91. The first-order valence-corrected chi connectivity index (χ1v) is 7.91. The van der Waals surface area contributed by atoms with Gasteiger partial charge in [-0.2, -0.15) is 10.2 Å². The first kappa shape index (κ1) is 17.7. The largest absolute Gasteiger partial charge is 0.481 e. The van der Waals surface area contributed by atoms with E-state index < -0.39 is 5.66 Å². The van der Waals surface area contributed by atoms with Crippen molar-refractivity contribution >= 4 is 11.7 Å². The number of carbonyl (C=O) groups excluding carboxylic acids is 1. The molecule has 0 saturated heterocycles. The molecule has 0 atom stereocenters. The molecule has 2 N–H and O–H groups in total. The maximum atomic E-state index is 11.8. The smallest absolute Gasteiger partial charge is 0.220 e. The SMILES string of the molecule is C#CCCC1(CCC(=O)NCCCNc2cc(OC)ncn2)N=N1. The first-order chi connectivity index (χ1) is 11.7. The van der Waals surface area contributed by atoms with Crippen molar-refractivity contribution in [2.24, 2.45) is 10.2 Å². The zero-order valence-corrected chi connectivity index (χ0v) is 13.8. The molecule has 0 aromatic carbocycles. The molecule has 2 heterocycles. The second-order valence-corrected chi connectivity index (χ2v) is 5.46. The van der Waals surface area contributed by atoms with Crippen LogP contribution in [0.4, 0.5) is 5.82 Å². The van der Waals surface area contributed by atoms with Crippen molar-refractivity contribution in [3.63, 3.8) is 0 Å². The van der Waals surface area contributed by atoms with Crippen LogP contribution in [-0.2, 0) is 4.79 Å². The van der Waals surface area contributed by atoms with Crippen LogP contribution in [0.25, 0.3) is 0 Å². The van der Waals surface area contributed by atoms with E-state index in [2.05, 4.69) is 36.8 Å². The molecule has 1 amide bonds. The van der Waals surface area contributed by atoms with Crippen LogP contribution in [0.3, 0.4) is 0 Å². The quantitative estimate of drug-likeness (QED) is 0.475. The normalized spacial score (nSPS) is 13.8. The lowest BCUT2D eigenvalue weighted by Crippen LogP contribution is -2.27. The van der Waals surface area contributed by atoms with E-state index in [1.165, 1.54) is 6.33 Å². The summed E-state index contributed by atoms with van der Waals surface area (Å²) in [7, 11) is 1.56. The number of aromatic nitrogens is 2. The van der Waals surface area contributed by atoms with Gasteiger partial charge in [0.1, 0.15) is 12.1 Å². The van der Waals surface area contributed by atoms with Crippen LogP contribution in [0.5, 0.6) is 5.88 Å². The summed E-state index contributed by atoms with van der Waals surface area (Å²) in [5.74, 6) is 3.79. The van der Waals surface area contributed by atoms with Gasteiger partial charge >= 0.3 is 0 Å². The number of hydrogen-bond acceptors (Lipinski definition) is 7. The Morgan fingerprint density at radius 3 is 2.88 bits per heavy atom. The zero-order valence-electron chi connectivity index (χ0n) is 13.8. The second kappa shape index (κ2) is 8.82. The van der Waals surface area contributed by atoms with Gasteiger partial charge in [0.25, 0.3) is 0 Å². The van der Waals surface area contributed by atoms with Crippen molar-refractivity contribution in [1.29, 1.82) is 0 Å². The maximum Gasteiger partial charge on any atom is 0.220 e. The van der Waals surface area contributed by atoms with E-state index in [4.69, 9.17) is 11.2 Å². The number of anilines is 1. The van der Waals surface area contributed by atoms with Gasteiger partial charge < -0.3 is 15.4 Å². The lowest BCUT2D eigenvalue weighted by atomic mass is 10.0. The molecule has 0 spiro atoms. The number of terminal acetylenes is 1. The van der Waals surface area contributed by atoms with Gasteiger partial charge in [-0.25, -0.2) is 9.97 Å². The molecule has 0 radical (unpaired) electrons. The Labute approximate surface area is 141 Å². The van der Waals surface area contributed by atoms with Crippen molar-refractivity contribution < 1.29 is 9.53 Å². The molecule has 1 aliphatic heterocycles. The van der Waals surface area contributed by atoms with E-state index in [0.29, 0.717) is 44.0 Å². The minimum absolute atomic E-state index is 0.0103. The summed E-state index contributed by atoms with van der Waals surface area (Å²) in [6, 6.07) is 1.72. The number of rotatable bonds is 11. The Bertz CT molecular complexity index is 619. The topological polar surface area (TPSA) is 101 Å². The number of ether oxygens (including phenoxy) is 1. The monoisotopic (exact) mass is 330 g/mol. The van der Waals surface area contributed by atoms with Crippen molar-refractivity contribution in [2.75, 3.05) is 25.5 Å². The molecular weight excluding hydrogens is 308 g/mol. The molecule has 8 heteroatoms. The van der Waals surface area contributed by atoms with Gasteiger partial charge in [0.15, 0.2) is 5.66 Å². The van der Waals surface area contributed by atoms with Crippen LogP contribution in [0, 0.1) is 12.3 Å². The average molecular weight is 330 g/mol. The molecule has 1 aromatic rings. The molecular formula is C16H22N6O2. The van der Waals surface area contributed by atoms with Gasteiger partial charge in [-0.15, -0.1) is 12.3 Å². The van der Waals surface area contributed by atoms with Crippen molar-refractivity contribution in [3.05, 3.63) is 12.4 Å². The number of nitrogens with zero attached hydrogens (tertiary/aromatic N) is 4. The van der Waals surface area contributed by atoms with Crippen molar-refractivity contribution in [3.8, 4) is 18.2 Å². The minimum Gasteiger partial charge on any atom is -0.481 e. The summed E-state index contributed by atoms with van der Waals surface area (Å²) in [5, 5.41) is 14.1. The van der Waals surface area contributed by atoms with Gasteiger partial charge in [0, 0.05) is 44.8 Å². The summed E-state index contributed by atoms with van der Waals surface area (Å²) in [6.45, 7) is 1.29. The molecule has 8 nitrogen and oxygen atoms in total. The van der Waals surface area contributed by atoms with Gasteiger partial charge in [0.05, 0.1) is 7.11 Å². The van der Waals surface area contributed by atoms with Crippen LogP contribution >= 0.6 is 0 Å². The summed E-state index contributed by atoms with van der Waals surface area (Å²) in [6.07, 6.45) is 9.86. The lowest BCUT2D eigenvalue weighted by molar-refractivity contribution is -0.121. The second-order valence-electron chi connectivity index (χ2n) is 5.46. The fourth-order valence-corrected chi connectivity index (χ4v) is 2.15. The molecule has 2 rings (SSSR count). The van der Waals surface area contributed by atoms with E-state index in [-0.39, 0.29) is 5.91 Å². The third-order valence-electron chi connectivity index (χ3n) is 3.64. The molecule has 1 aliphatic rings.